The molecule has 2 heterocycles. The summed E-state index contributed by atoms with van der Waals surface area (Å²) in [4.78, 5) is 6.68. The van der Waals surface area contributed by atoms with Gasteiger partial charge in [-0.1, -0.05) is 29.8 Å². The second-order valence-electron chi connectivity index (χ2n) is 5.08. The standard InChI is InChI=1S/C15H19N5O/c1-12-3-2-4-13(9-12)10-16-15-18-14(11-17-19-15)20-5-7-21-8-6-20/h2-4,9,11H,5-8,10H2,1H3,(H,16,18,19). The fraction of sp³-hybridized carbons (Fsp3) is 0.400. The first-order valence-corrected chi connectivity index (χ1v) is 7.13. The van der Waals surface area contributed by atoms with Crippen LogP contribution in [0.1, 0.15) is 11.1 Å². The third kappa shape index (κ3) is 3.66. The molecule has 1 fully saturated rings. The number of morpholine rings is 1. The van der Waals surface area contributed by atoms with Crippen molar-refractivity contribution >= 4 is 11.8 Å². The minimum atomic E-state index is 0.556. The molecule has 0 atom stereocenters. The summed E-state index contributed by atoms with van der Waals surface area (Å²) < 4.78 is 5.35. The van der Waals surface area contributed by atoms with Gasteiger partial charge >= 0.3 is 0 Å². The summed E-state index contributed by atoms with van der Waals surface area (Å²) in [5.41, 5.74) is 2.45. The quantitative estimate of drug-likeness (QED) is 0.921. The van der Waals surface area contributed by atoms with Gasteiger partial charge in [0.25, 0.3) is 0 Å². The minimum Gasteiger partial charge on any atom is -0.378 e. The normalized spacial score (nSPS) is 15.0. The Hall–Kier alpha value is -2.21. The third-order valence-electron chi connectivity index (χ3n) is 3.41. The van der Waals surface area contributed by atoms with Gasteiger partial charge in [-0.2, -0.15) is 10.1 Å². The molecule has 1 aliphatic rings. The van der Waals surface area contributed by atoms with Gasteiger partial charge in [0.2, 0.25) is 5.95 Å². The Kier molecular flexibility index (Phi) is 4.25. The Morgan fingerprint density at radius 2 is 2.14 bits per heavy atom. The van der Waals surface area contributed by atoms with E-state index in [1.165, 1.54) is 11.1 Å². The first kappa shape index (κ1) is 13.8. The molecule has 1 saturated heterocycles. The molecule has 6 nitrogen and oxygen atoms in total. The zero-order chi connectivity index (χ0) is 14.5. The van der Waals surface area contributed by atoms with E-state index >= 15 is 0 Å². The van der Waals surface area contributed by atoms with E-state index in [1.54, 1.807) is 6.20 Å². The van der Waals surface area contributed by atoms with E-state index in [1.807, 2.05) is 0 Å². The molecule has 0 unspecified atom stereocenters. The largest absolute Gasteiger partial charge is 0.378 e. The highest BCUT2D eigenvalue weighted by Crippen LogP contribution is 2.13. The molecule has 0 radical (unpaired) electrons. The van der Waals surface area contributed by atoms with Crippen LogP contribution >= 0.6 is 0 Å². The maximum Gasteiger partial charge on any atom is 0.244 e. The smallest absolute Gasteiger partial charge is 0.244 e. The number of anilines is 2. The van der Waals surface area contributed by atoms with E-state index in [-0.39, 0.29) is 0 Å². The van der Waals surface area contributed by atoms with Gasteiger partial charge in [0.1, 0.15) is 0 Å². The number of rotatable bonds is 4. The predicted octanol–water partition coefficient (Wildman–Crippen LogP) is 1.63. The van der Waals surface area contributed by atoms with Crippen LogP contribution in [0.4, 0.5) is 11.8 Å². The number of hydrogen-bond donors (Lipinski definition) is 1. The number of aryl methyl sites for hydroxylation is 1. The van der Waals surface area contributed by atoms with Crippen LogP contribution in [0.5, 0.6) is 0 Å². The van der Waals surface area contributed by atoms with Crippen molar-refractivity contribution in [2.75, 3.05) is 36.5 Å². The summed E-state index contributed by atoms with van der Waals surface area (Å²) in [7, 11) is 0. The molecule has 0 saturated carbocycles. The molecule has 0 spiro atoms. The molecule has 1 aliphatic heterocycles. The summed E-state index contributed by atoms with van der Waals surface area (Å²) in [6, 6.07) is 8.36. The molecule has 0 amide bonds. The lowest BCUT2D eigenvalue weighted by Gasteiger charge is -2.27. The Labute approximate surface area is 124 Å². The first-order valence-electron chi connectivity index (χ1n) is 7.13. The van der Waals surface area contributed by atoms with Crippen LogP contribution in [0.25, 0.3) is 0 Å². The molecule has 0 aliphatic carbocycles. The van der Waals surface area contributed by atoms with Crippen molar-refractivity contribution in [3.63, 3.8) is 0 Å². The van der Waals surface area contributed by atoms with Gasteiger partial charge in [-0.05, 0) is 12.5 Å². The van der Waals surface area contributed by atoms with Crippen molar-refractivity contribution in [1.82, 2.24) is 15.2 Å². The monoisotopic (exact) mass is 285 g/mol. The number of hydrogen-bond acceptors (Lipinski definition) is 6. The molecule has 110 valence electrons. The highest BCUT2D eigenvalue weighted by molar-refractivity contribution is 5.41. The number of ether oxygens (including phenoxy) is 1. The zero-order valence-corrected chi connectivity index (χ0v) is 12.1. The van der Waals surface area contributed by atoms with Crippen molar-refractivity contribution in [3.8, 4) is 0 Å². The summed E-state index contributed by atoms with van der Waals surface area (Å²) in [5, 5.41) is 11.3. The van der Waals surface area contributed by atoms with Gasteiger partial charge in [0, 0.05) is 19.6 Å². The number of benzene rings is 1. The Morgan fingerprint density at radius 1 is 1.29 bits per heavy atom. The highest BCUT2D eigenvalue weighted by Gasteiger charge is 2.13. The maximum atomic E-state index is 5.35. The van der Waals surface area contributed by atoms with Crippen molar-refractivity contribution in [2.45, 2.75) is 13.5 Å². The van der Waals surface area contributed by atoms with Gasteiger partial charge in [0.15, 0.2) is 5.82 Å². The molecule has 6 heteroatoms. The lowest BCUT2D eigenvalue weighted by atomic mass is 10.1. The average molecular weight is 285 g/mol. The average Bonchev–Trinajstić information content (AvgIpc) is 2.54. The molecule has 0 bridgehead atoms. The van der Waals surface area contributed by atoms with Crippen molar-refractivity contribution in [3.05, 3.63) is 41.6 Å². The van der Waals surface area contributed by atoms with Gasteiger partial charge in [-0.25, -0.2) is 0 Å². The molecule has 2 aromatic rings. The van der Waals surface area contributed by atoms with E-state index in [0.717, 1.165) is 32.1 Å². The molecule has 1 aromatic carbocycles. The number of nitrogens with one attached hydrogen (secondary N) is 1. The molecule has 21 heavy (non-hydrogen) atoms. The lowest BCUT2D eigenvalue weighted by molar-refractivity contribution is 0.122. The van der Waals surface area contributed by atoms with Gasteiger partial charge in [-0.3, -0.25) is 0 Å². The van der Waals surface area contributed by atoms with Crippen LogP contribution in [-0.4, -0.2) is 41.5 Å². The van der Waals surface area contributed by atoms with Crippen molar-refractivity contribution in [2.24, 2.45) is 0 Å². The van der Waals surface area contributed by atoms with E-state index in [4.69, 9.17) is 4.74 Å². The summed E-state index contributed by atoms with van der Waals surface area (Å²) in [6.45, 7) is 5.93. The Morgan fingerprint density at radius 3 is 2.95 bits per heavy atom. The second kappa shape index (κ2) is 6.49. The maximum absolute atomic E-state index is 5.35. The van der Waals surface area contributed by atoms with Crippen molar-refractivity contribution < 1.29 is 4.74 Å². The van der Waals surface area contributed by atoms with Crippen LogP contribution in [0.2, 0.25) is 0 Å². The number of aromatic nitrogens is 3. The summed E-state index contributed by atoms with van der Waals surface area (Å²) in [6.07, 6.45) is 1.70. The summed E-state index contributed by atoms with van der Waals surface area (Å²) in [5.74, 6) is 1.40. The van der Waals surface area contributed by atoms with Crippen LogP contribution in [0.3, 0.4) is 0 Å². The lowest BCUT2D eigenvalue weighted by Crippen LogP contribution is -2.37. The molecule has 3 rings (SSSR count). The third-order valence-corrected chi connectivity index (χ3v) is 3.41. The van der Waals surface area contributed by atoms with E-state index in [0.29, 0.717) is 12.5 Å². The van der Waals surface area contributed by atoms with E-state index < -0.39 is 0 Å². The van der Waals surface area contributed by atoms with Crippen LogP contribution in [-0.2, 0) is 11.3 Å². The van der Waals surface area contributed by atoms with Crippen molar-refractivity contribution in [1.29, 1.82) is 0 Å². The number of nitrogens with zero attached hydrogens (tertiary/aromatic N) is 4. The van der Waals surface area contributed by atoms with Crippen LogP contribution < -0.4 is 10.2 Å². The predicted molar refractivity (Wildman–Crippen MR) is 81.4 cm³/mol. The van der Waals surface area contributed by atoms with E-state index in [9.17, 15) is 0 Å². The fourth-order valence-electron chi connectivity index (χ4n) is 2.32. The second-order valence-corrected chi connectivity index (χ2v) is 5.08. The van der Waals surface area contributed by atoms with E-state index in [2.05, 4.69) is 56.6 Å². The molecular formula is C15H19N5O. The Balaban J connectivity index is 1.65. The highest BCUT2D eigenvalue weighted by atomic mass is 16.5. The Bertz CT molecular complexity index is 598. The van der Waals surface area contributed by atoms with Crippen LogP contribution in [0.15, 0.2) is 30.5 Å². The topological polar surface area (TPSA) is 63.2 Å². The fourth-order valence-corrected chi connectivity index (χ4v) is 2.32. The first-order chi connectivity index (χ1) is 10.3. The van der Waals surface area contributed by atoms with Gasteiger partial charge < -0.3 is 15.0 Å². The SMILES string of the molecule is Cc1cccc(CNc2nncc(N3CCOCC3)n2)c1. The van der Waals surface area contributed by atoms with Crippen LogP contribution in [0, 0.1) is 6.92 Å². The summed E-state index contributed by atoms with van der Waals surface area (Å²) >= 11 is 0. The minimum absolute atomic E-state index is 0.556. The zero-order valence-electron chi connectivity index (χ0n) is 12.1. The van der Waals surface area contributed by atoms with Gasteiger partial charge in [0.05, 0.1) is 19.4 Å². The molecular weight excluding hydrogens is 266 g/mol. The molecule has 1 aromatic heterocycles. The van der Waals surface area contributed by atoms with Gasteiger partial charge in [-0.15, -0.1) is 5.10 Å². The molecule has 1 N–H and O–H groups in total.